The van der Waals surface area contributed by atoms with Crippen molar-refractivity contribution < 1.29 is 88.9 Å². The minimum absolute atomic E-state index is 0.0292. The Balaban J connectivity index is 1.10. The first-order valence-corrected chi connectivity index (χ1v) is 36.9. The van der Waals surface area contributed by atoms with Crippen LogP contribution in [0.15, 0.2) is 149 Å². The third-order valence-corrected chi connectivity index (χ3v) is 19.8. The molecule has 2 heterocycles. The van der Waals surface area contributed by atoms with E-state index in [1.165, 1.54) is 23.4 Å². The highest BCUT2D eigenvalue weighted by molar-refractivity contribution is 7.86. The first kappa shape index (κ1) is 77.7. The molecule has 23 nitrogen and oxygen atoms in total. The van der Waals surface area contributed by atoms with Crippen LogP contribution in [0.25, 0.3) is 0 Å². The van der Waals surface area contributed by atoms with Crippen molar-refractivity contribution in [3.63, 3.8) is 0 Å². The predicted octanol–water partition coefficient (Wildman–Crippen LogP) is 10.9. The fourth-order valence-corrected chi connectivity index (χ4v) is 13.9. The smallest absolute Gasteiger partial charge is 0.315 e. The normalized spacial score (nSPS) is 16.7. The monoisotopic (exact) mass is 1400 g/mol. The van der Waals surface area contributed by atoms with Gasteiger partial charge in [0.15, 0.2) is 17.3 Å². The summed E-state index contributed by atoms with van der Waals surface area (Å²) in [6.07, 6.45) is 12.9. The lowest BCUT2D eigenvalue weighted by Gasteiger charge is -2.27. The van der Waals surface area contributed by atoms with E-state index >= 15 is 0 Å². The van der Waals surface area contributed by atoms with Gasteiger partial charge in [-0.25, -0.2) is 4.79 Å². The van der Waals surface area contributed by atoms with Crippen LogP contribution in [0.2, 0.25) is 0 Å². The summed E-state index contributed by atoms with van der Waals surface area (Å²) < 4.78 is 83.1. The summed E-state index contributed by atoms with van der Waals surface area (Å²) in [5.74, 6) is -5.48. The molecule has 0 fully saturated rings. The van der Waals surface area contributed by atoms with Crippen LogP contribution in [0.1, 0.15) is 160 Å². The molecule has 7 rings (SSSR count). The van der Waals surface area contributed by atoms with Gasteiger partial charge in [0.1, 0.15) is 18.1 Å². The summed E-state index contributed by atoms with van der Waals surface area (Å²) in [5.41, 5.74) is 7.53. The van der Waals surface area contributed by atoms with E-state index in [9.17, 15) is 69.7 Å². The molecule has 0 bridgehead atoms. The van der Waals surface area contributed by atoms with Gasteiger partial charge in [-0.1, -0.05) is 93.9 Å². The van der Waals surface area contributed by atoms with Crippen LogP contribution in [0.4, 0.5) is 16.2 Å². The average molecular weight is 1410 g/mol. The number of Topliss-reactive ketones (excluding diaryl/α,β-unsaturated/α-hetero) is 2. The minimum atomic E-state index is -4.57. The summed E-state index contributed by atoms with van der Waals surface area (Å²) in [7, 11) is -8.80. The number of anilines is 1. The third kappa shape index (κ3) is 22.7. The number of allylic oxidation sites excluding steroid dienone is 7. The Labute approximate surface area is 580 Å². The number of unbranched alkanes of at least 4 members (excludes halogenated alkanes) is 3. The zero-order chi connectivity index (χ0) is 72.1. The standard InChI is InChI=1S/C74H93N5O18S2/c1-6-7-13-41-78-61-24-12-11-23-57(61)73(2,3)65(78)36-29-52-21-16-22-53(30-37-66-74(4,5)58-49-56(99(93,94)95)33-35-62(58)79(66)42-14-15-45-98(90,91)92)70(52)97-55-31-27-51(28-32-55)46-54(71(87)88)48-64(81)60(47-50-19-9-8-10-20-50)76-67(82)39-44-96-43-18-25-63(80)59(34-38-69(85)86)77-72(89)75-40-17-26-68(83)84/h8-12,19-20,23-24,27-33,35-37,49,54,59-60H,6-7,13-18,21-22,25-26,34,38-48H2,1-5H3,(H7-,75,76,77,82,83,84,85,86,87,88,89,90,91,92,93,94,95)/p+1/t54-,59+,60+/m1/s1. The SMILES string of the molecule is CCCCC[N+]1=C(/C=C/C2=C(Oc3ccc(C[C@H](CC(=O)[C@H](Cc4ccccc4)NC(=O)CCOCCCC(=O)[C@H](CCC(=O)O)NC(=O)NCCCC(=O)O)C(=O)O)cc3)C(=C/C=C3/N(CCCCS(=O)(=O)O)c4ccc(S(=O)(=O)O)cc4C3(C)C)/CCC2)C(C)(C)c2ccccc21. The second kappa shape index (κ2) is 35.9. The summed E-state index contributed by atoms with van der Waals surface area (Å²) in [6.45, 7) is 11.6. The largest absolute Gasteiger partial charge is 0.481 e. The summed E-state index contributed by atoms with van der Waals surface area (Å²) in [6, 6.07) is 25.9. The van der Waals surface area contributed by atoms with E-state index in [4.69, 9.17) is 14.6 Å². The molecule has 3 atom stereocenters. The van der Waals surface area contributed by atoms with E-state index in [1.807, 2.05) is 30.9 Å². The van der Waals surface area contributed by atoms with Crippen LogP contribution in [0.3, 0.4) is 0 Å². The molecule has 4 aromatic carbocycles. The van der Waals surface area contributed by atoms with Gasteiger partial charge < -0.3 is 45.6 Å². The molecule has 25 heteroatoms. The molecule has 534 valence electrons. The molecule has 1 aliphatic carbocycles. The number of amides is 3. The number of carbonyl (C=O) groups is 7. The maximum Gasteiger partial charge on any atom is 0.315 e. The lowest BCUT2D eigenvalue weighted by Crippen LogP contribution is -2.46. The highest BCUT2D eigenvalue weighted by atomic mass is 32.2. The lowest BCUT2D eigenvalue weighted by molar-refractivity contribution is -0.438. The van der Waals surface area contributed by atoms with Crippen LogP contribution >= 0.6 is 0 Å². The summed E-state index contributed by atoms with van der Waals surface area (Å²) in [4.78, 5) is 90.0. The molecule has 2 aliphatic heterocycles. The topological polar surface area (TPSA) is 350 Å². The van der Waals surface area contributed by atoms with E-state index < -0.39 is 104 Å². The number of urea groups is 1. The molecule has 0 saturated carbocycles. The van der Waals surface area contributed by atoms with E-state index in [0.717, 1.165) is 60.3 Å². The van der Waals surface area contributed by atoms with Gasteiger partial charge in [-0.15, -0.1) is 0 Å². The molecule has 0 spiro atoms. The summed E-state index contributed by atoms with van der Waals surface area (Å²) in [5, 5.41) is 36.4. The second-order valence-corrected chi connectivity index (χ2v) is 29.4. The number of nitrogens with one attached hydrogen (secondary N) is 3. The number of fused-ring (bicyclic) bond motifs is 2. The number of hydrogen-bond donors (Lipinski definition) is 8. The molecule has 0 unspecified atom stereocenters. The number of para-hydroxylation sites is 1. The van der Waals surface area contributed by atoms with Crippen LogP contribution in [0.5, 0.6) is 5.75 Å². The zero-order valence-corrected chi connectivity index (χ0v) is 58.6. The number of rotatable bonds is 40. The maximum atomic E-state index is 14.3. The molecule has 0 radical (unpaired) electrons. The summed E-state index contributed by atoms with van der Waals surface area (Å²) >= 11 is 0. The number of carboxylic acids is 3. The van der Waals surface area contributed by atoms with Crippen LogP contribution in [-0.2, 0) is 77.4 Å². The Morgan fingerprint density at radius 1 is 0.677 bits per heavy atom. The number of nitrogens with zero attached hydrogens (tertiary/aromatic N) is 2. The Hall–Kier alpha value is -8.62. The molecular formula is C74H94N5O18S2+. The minimum Gasteiger partial charge on any atom is -0.481 e. The molecule has 3 amide bonds. The van der Waals surface area contributed by atoms with E-state index in [2.05, 4.69) is 77.7 Å². The van der Waals surface area contributed by atoms with Gasteiger partial charge in [0.25, 0.3) is 20.2 Å². The van der Waals surface area contributed by atoms with Crippen molar-refractivity contribution in [2.24, 2.45) is 5.92 Å². The first-order chi connectivity index (χ1) is 47.0. The number of carbonyl (C=O) groups excluding carboxylic acids is 4. The van der Waals surface area contributed by atoms with Gasteiger partial charge in [-0.3, -0.25) is 37.9 Å². The molecule has 8 N–H and O–H groups in total. The van der Waals surface area contributed by atoms with Crippen molar-refractivity contribution in [2.75, 3.05) is 43.5 Å². The lowest BCUT2D eigenvalue weighted by atomic mass is 9.81. The Morgan fingerprint density at radius 3 is 2.07 bits per heavy atom. The first-order valence-electron chi connectivity index (χ1n) is 33.8. The Morgan fingerprint density at radius 2 is 1.38 bits per heavy atom. The zero-order valence-electron chi connectivity index (χ0n) is 57.0. The fourth-order valence-electron chi connectivity index (χ4n) is 12.8. The van der Waals surface area contributed by atoms with Crippen molar-refractivity contribution in [3.8, 4) is 5.75 Å². The number of ketones is 2. The van der Waals surface area contributed by atoms with E-state index in [1.54, 1.807) is 60.7 Å². The van der Waals surface area contributed by atoms with Crippen molar-refractivity contribution in [3.05, 3.63) is 166 Å². The van der Waals surface area contributed by atoms with Crippen LogP contribution in [0, 0.1) is 5.92 Å². The molecule has 4 aromatic rings. The Kier molecular flexibility index (Phi) is 28.2. The molecule has 3 aliphatic rings. The van der Waals surface area contributed by atoms with Crippen molar-refractivity contribution >= 4 is 78.7 Å². The highest BCUT2D eigenvalue weighted by Gasteiger charge is 2.45. The van der Waals surface area contributed by atoms with E-state index in [-0.39, 0.29) is 87.9 Å². The van der Waals surface area contributed by atoms with Gasteiger partial charge in [-0.2, -0.15) is 21.4 Å². The fraction of sp³-hybridized carbons (Fsp3) is 0.459. The third-order valence-electron chi connectivity index (χ3n) is 18.1. The number of carboxylic acid groups (broad SMARTS) is 3. The number of benzene rings is 4. The van der Waals surface area contributed by atoms with Gasteiger partial charge in [0, 0.05) is 92.7 Å². The van der Waals surface area contributed by atoms with Crippen molar-refractivity contribution in [2.45, 2.75) is 178 Å². The van der Waals surface area contributed by atoms with Crippen LogP contribution in [-0.4, -0.2) is 144 Å². The molecule has 99 heavy (non-hydrogen) atoms. The quantitative estimate of drug-likeness (QED) is 0.0116. The number of hydrogen-bond acceptors (Lipinski definition) is 14. The van der Waals surface area contributed by atoms with Crippen LogP contribution < -0.4 is 25.6 Å². The molecule has 0 aromatic heterocycles. The second-order valence-electron chi connectivity index (χ2n) is 26.4. The molecular weight excluding hydrogens is 1310 g/mol. The molecule has 0 saturated heterocycles. The van der Waals surface area contributed by atoms with Crippen molar-refractivity contribution in [1.82, 2.24) is 16.0 Å². The average Bonchev–Trinajstić information content (AvgIpc) is 1.60. The van der Waals surface area contributed by atoms with Gasteiger partial charge in [-0.05, 0) is 155 Å². The predicted molar refractivity (Wildman–Crippen MR) is 375 cm³/mol. The van der Waals surface area contributed by atoms with Gasteiger partial charge in [0.05, 0.1) is 40.7 Å². The van der Waals surface area contributed by atoms with Crippen molar-refractivity contribution in [1.29, 1.82) is 0 Å². The number of ether oxygens (including phenoxy) is 2. The van der Waals surface area contributed by atoms with Gasteiger partial charge >= 0.3 is 23.9 Å². The number of aliphatic carboxylic acids is 3. The Bertz CT molecular complexity index is 3970. The van der Waals surface area contributed by atoms with Gasteiger partial charge in [0.2, 0.25) is 11.6 Å². The van der Waals surface area contributed by atoms with E-state index in [0.29, 0.717) is 54.1 Å². The maximum absolute atomic E-state index is 14.3. The highest BCUT2D eigenvalue weighted by Crippen LogP contribution is 2.49.